The fraction of sp³-hybridized carbons (Fsp3) is 0.450. The molecule has 2 rings (SSSR count). The predicted molar refractivity (Wildman–Crippen MR) is 118 cm³/mol. The molecule has 0 unspecified atom stereocenters. The van der Waals surface area contributed by atoms with E-state index in [4.69, 9.17) is 21.1 Å². The van der Waals surface area contributed by atoms with E-state index in [9.17, 15) is 13.2 Å². The Hall–Kier alpha value is -2.59. The molecule has 2 N–H and O–H groups in total. The Morgan fingerprint density at radius 1 is 1.16 bits per heavy atom. The van der Waals surface area contributed by atoms with Crippen molar-refractivity contribution >= 4 is 33.7 Å². The number of aryl methyl sites for hydroxylation is 1. The lowest BCUT2D eigenvalue weighted by Crippen LogP contribution is -2.33. The van der Waals surface area contributed by atoms with Crippen LogP contribution in [-0.4, -0.2) is 43.2 Å². The molecular weight excluding hydrogens is 444 g/mol. The average Bonchev–Trinajstić information content (AvgIpc) is 2.62. The highest BCUT2D eigenvalue weighted by molar-refractivity contribution is 7.92. The monoisotopic (exact) mass is 470 g/mol. The van der Waals surface area contributed by atoms with Gasteiger partial charge in [-0.2, -0.15) is 4.98 Å². The second kappa shape index (κ2) is 10.6. The number of ether oxygens (including phenoxy) is 2. The molecule has 1 aromatic heterocycles. The first-order chi connectivity index (χ1) is 14.5. The van der Waals surface area contributed by atoms with Crippen molar-refractivity contribution in [3.05, 3.63) is 41.0 Å². The summed E-state index contributed by atoms with van der Waals surface area (Å²) >= 11 is 5.98. The van der Waals surface area contributed by atoms with Gasteiger partial charge in [0.05, 0.1) is 11.6 Å². The zero-order valence-corrected chi connectivity index (χ0v) is 19.5. The van der Waals surface area contributed by atoms with Crippen LogP contribution >= 0.6 is 11.6 Å². The van der Waals surface area contributed by atoms with E-state index in [2.05, 4.69) is 20.0 Å². The van der Waals surface area contributed by atoms with E-state index in [0.29, 0.717) is 31.7 Å². The molecule has 1 aromatic carbocycles. The highest BCUT2D eigenvalue weighted by Crippen LogP contribution is 2.23. The maximum atomic E-state index is 12.6. The molecule has 0 spiro atoms. The van der Waals surface area contributed by atoms with Crippen LogP contribution in [0.1, 0.15) is 39.3 Å². The summed E-state index contributed by atoms with van der Waals surface area (Å²) in [7, 11) is -3.95. The number of halogens is 1. The normalized spacial score (nSPS) is 11.6. The van der Waals surface area contributed by atoms with Crippen LogP contribution in [0.2, 0.25) is 5.02 Å². The first-order valence-corrected chi connectivity index (χ1v) is 11.5. The Morgan fingerprint density at radius 3 is 2.55 bits per heavy atom. The van der Waals surface area contributed by atoms with Crippen LogP contribution in [0.4, 0.5) is 10.7 Å². The molecule has 1 heterocycles. The number of benzene rings is 1. The van der Waals surface area contributed by atoms with Crippen molar-refractivity contribution in [1.29, 1.82) is 0 Å². The molecule has 0 fully saturated rings. The summed E-state index contributed by atoms with van der Waals surface area (Å²) in [4.78, 5) is 19.7. The Bertz CT molecular complexity index is 1010. The van der Waals surface area contributed by atoms with E-state index in [1.807, 2.05) is 0 Å². The second-order valence-corrected chi connectivity index (χ2v) is 9.75. The zero-order chi connectivity index (χ0) is 23.1. The SMILES string of the molecule is Cc1cc(OCCCCNC(=O)OC(C)(C)C)nc(NS(=O)(=O)c2ccccc2Cl)n1. The van der Waals surface area contributed by atoms with Crippen molar-refractivity contribution in [2.45, 2.75) is 51.0 Å². The molecule has 0 aliphatic rings. The minimum atomic E-state index is -3.95. The highest BCUT2D eigenvalue weighted by atomic mass is 35.5. The summed E-state index contributed by atoms with van der Waals surface area (Å²) < 4.78 is 38.2. The number of hydrogen-bond acceptors (Lipinski definition) is 7. The number of carbonyl (C=O) groups is 1. The van der Waals surface area contributed by atoms with E-state index in [-0.39, 0.29) is 21.7 Å². The van der Waals surface area contributed by atoms with Crippen molar-refractivity contribution in [1.82, 2.24) is 15.3 Å². The molecule has 9 nitrogen and oxygen atoms in total. The third-order valence-electron chi connectivity index (χ3n) is 3.67. The van der Waals surface area contributed by atoms with Crippen LogP contribution in [0.25, 0.3) is 0 Å². The van der Waals surface area contributed by atoms with Crippen molar-refractivity contribution in [2.24, 2.45) is 0 Å². The first-order valence-electron chi connectivity index (χ1n) is 9.69. The summed E-state index contributed by atoms with van der Waals surface area (Å²) in [5.74, 6) is 0.131. The second-order valence-electron chi connectivity index (χ2n) is 7.69. The molecule has 0 aliphatic carbocycles. The molecule has 31 heavy (non-hydrogen) atoms. The van der Waals surface area contributed by atoms with E-state index in [0.717, 1.165) is 0 Å². The van der Waals surface area contributed by atoms with Gasteiger partial charge in [0.2, 0.25) is 11.8 Å². The predicted octanol–water partition coefficient (Wildman–Crippen LogP) is 3.92. The maximum Gasteiger partial charge on any atom is 0.407 e. The molecular formula is C20H27ClN4O5S. The Morgan fingerprint density at radius 2 is 1.87 bits per heavy atom. The van der Waals surface area contributed by atoms with Gasteiger partial charge in [0.1, 0.15) is 10.5 Å². The summed E-state index contributed by atoms with van der Waals surface area (Å²) in [6, 6.07) is 7.69. The Kier molecular flexibility index (Phi) is 8.46. The van der Waals surface area contributed by atoms with Crippen molar-refractivity contribution in [3.8, 4) is 5.88 Å². The van der Waals surface area contributed by atoms with Crippen LogP contribution in [0.15, 0.2) is 35.2 Å². The summed E-state index contributed by atoms with van der Waals surface area (Å²) in [6.07, 6.45) is 0.866. The standard InChI is InChI=1S/C20H27ClN4O5S/c1-14-13-17(29-12-8-7-11-22-19(26)30-20(2,3)4)24-18(23-14)25-31(27,28)16-10-6-5-9-15(16)21/h5-6,9-10,13H,7-8,11-12H2,1-4H3,(H,22,26)(H,23,24,25). The van der Waals surface area contributed by atoms with Gasteiger partial charge in [0.25, 0.3) is 10.0 Å². The lowest BCUT2D eigenvalue weighted by Gasteiger charge is -2.19. The highest BCUT2D eigenvalue weighted by Gasteiger charge is 2.19. The number of sulfonamides is 1. The zero-order valence-electron chi connectivity index (χ0n) is 17.9. The molecule has 11 heteroatoms. The molecule has 170 valence electrons. The molecule has 0 aliphatic heterocycles. The smallest absolute Gasteiger partial charge is 0.407 e. The van der Waals surface area contributed by atoms with Crippen molar-refractivity contribution in [3.63, 3.8) is 0 Å². The number of amides is 1. The number of hydrogen-bond donors (Lipinski definition) is 2. The van der Waals surface area contributed by atoms with Crippen LogP contribution in [0, 0.1) is 6.92 Å². The van der Waals surface area contributed by atoms with Gasteiger partial charge >= 0.3 is 6.09 Å². The number of carbonyl (C=O) groups excluding carboxylic acids is 1. The van der Waals surface area contributed by atoms with Gasteiger partial charge in [0, 0.05) is 18.3 Å². The van der Waals surface area contributed by atoms with Crippen LogP contribution in [0.5, 0.6) is 5.88 Å². The molecule has 0 bridgehead atoms. The first kappa shape index (κ1) is 24.7. The Labute approximate surface area is 187 Å². The quantitative estimate of drug-likeness (QED) is 0.533. The minimum absolute atomic E-state index is 0.0678. The van der Waals surface area contributed by atoms with Crippen LogP contribution in [0.3, 0.4) is 0 Å². The van der Waals surface area contributed by atoms with Gasteiger partial charge in [-0.3, -0.25) is 0 Å². The fourth-order valence-electron chi connectivity index (χ4n) is 2.41. The van der Waals surface area contributed by atoms with Gasteiger partial charge in [-0.15, -0.1) is 0 Å². The van der Waals surface area contributed by atoms with E-state index < -0.39 is 21.7 Å². The van der Waals surface area contributed by atoms with Crippen molar-refractivity contribution < 1.29 is 22.7 Å². The number of alkyl carbamates (subject to hydrolysis) is 1. The third-order valence-corrected chi connectivity index (χ3v) is 5.50. The van der Waals surface area contributed by atoms with E-state index >= 15 is 0 Å². The molecule has 2 aromatic rings. The lowest BCUT2D eigenvalue weighted by atomic mass is 10.2. The fourth-order valence-corrected chi connectivity index (χ4v) is 3.87. The molecule has 0 saturated heterocycles. The average molecular weight is 471 g/mol. The minimum Gasteiger partial charge on any atom is -0.478 e. The largest absolute Gasteiger partial charge is 0.478 e. The molecule has 0 radical (unpaired) electrons. The number of nitrogens with zero attached hydrogens (tertiary/aromatic N) is 2. The number of anilines is 1. The number of rotatable bonds is 9. The van der Waals surface area contributed by atoms with Crippen LogP contribution < -0.4 is 14.8 Å². The summed E-state index contributed by atoms with van der Waals surface area (Å²) in [5, 5.41) is 2.77. The number of nitrogens with one attached hydrogen (secondary N) is 2. The molecule has 0 saturated carbocycles. The third kappa shape index (κ3) is 8.58. The molecule has 1 amide bonds. The summed E-state index contributed by atoms with van der Waals surface area (Å²) in [5.41, 5.74) is -0.00295. The maximum absolute atomic E-state index is 12.6. The van der Waals surface area contributed by atoms with Crippen molar-refractivity contribution in [2.75, 3.05) is 17.9 Å². The van der Waals surface area contributed by atoms with Gasteiger partial charge in [0.15, 0.2) is 0 Å². The Balaban J connectivity index is 1.86. The number of aromatic nitrogens is 2. The van der Waals surface area contributed by atoms with Crippen LogP contribution in [-0.2, 0) is 14.8 Å². The van der Waals surface area contributed by atoms with Gasteiger partial charge < -0.3 is 14.8 Å². The van der Waals surface area contributed by atoms with E-state index in [1.54, 1.807) is 45.9 Å². The topological polar surface area (TPSA) is 120 Å². The van der Waals surface area contributed by atoms with Gasteiger partial charge in [-0.1, -0.05) is 23.7 Å². The summed E-state index contributed by atoms with van der Waals surface area (Å²) in [6.45, 7) is 7.88. The number of unbranched alkanes of at least 4 members (excludes halogenated alkanes) is 1. The lowest BCUT2D eigenvalue weighted by molar-refractivity contribution is 0.0526. The molecule has 0 atom stereocenters. The van der Waals surface area contributed by atoms with Gasteiger partial charge in [-0.05, 0) is 52.7 Å². The van der Waals surface area contributed by atoms with E-state index in [1.165, 1.54) is 12.1 Å². The van der Waals surface area contributed by atoms with Gasteiger partial charge in [-0.25, -0.2) is 22.9 Å².